The second-order valence-corrected chi connectivity index (χ2v) is 6.87. The van der Waals surface area contributed by atoms with Gasteiger partial charge in [0, 0.05) is 11.5 Å². The van der Waals surface area contributed by atoms with Crippen LogP contribution in [0.1, 0.15) is 38.8 Å². The van der Waals surface area contributed by atoms with E-state index in [1.165, 1.54) is 0 Å². The van der Waals surface area contributed by atoms with Crippen LogP contribution in [0.2, 0.25) is 0 Å². The van der Waals surface area contributed by atoms with Crippen molar-refractivity contribution in [1.29, 1.82) is 0 Å². The summed E-state index contributed by atoms with van der Waals surface area (Å²) in [5.41, 5.74) is 2.55. The Morgan fingerprint density at radius 2 is 1.90 bits per heavy atom. The quantitative estimate of drug-likeness (QED) is 0.821. The summed E-state index contributed by atoms with van der Waals surface area (Å²) < 4.78 is 0. The number of carbonyl (C=O) groups is 1. The van der Waals surface area contributed by atoms with E-state index in [2.05, 4.69) is 44.9 Å². The molecular formula is C18H23NO2. The number of rotatable bonds is 2. The Balaban J connectivity index is 2.23. The number of carbonyl (C=O) groups excluding carboxylic acids is 1. The Bertz CT molecular complexity index is 618. The number of aryl methyl sites for hydroxylation is 1. The van der Waals surface area contributed by atoms with Gasteiger partial charge in [0.25, 0.3) is 0 Å². The summed E-state index contributed by atoms with van der Waals surface area (Å²) in [6.07, 6.45) is 0. The number of anilines is 1. The maximum absolute atomic E-state index is 12.5. The van der Waals surface area contributed by atoms with Crippen LogP contribution in [0.15, 0.2) is 18.2 Å². The molecule has 1 aliphatic carbocycles. The molecule has 1 amide bonds. The molecule has 21 heavy (non-hydrogen) atoms. The molecule has 0 atom stereocenters. The molecule has 1 saturated carbocycles. The number of hydrogen-bond acceptors (Lipinski definition) is 2. The first-order chi connectivity index (χ1) is 9.71. The monoisotopic (exact) mass is 285 g/mol. The summed E-state index contributed by atoms with van der Waals surface area (Å²) in [4.78, 5) is 12.5. The van der Waals surface area contributed by atoms with Crippen LogP contribution >= 0.6 is 0 Å². The number of aliphatic hydroxyl groups excluding tert-OH is 1. The predicted molar refractivity (Wildman–Crippen MR) is 84.8 cm³/mol. The average Bonchev–Trinajstić information content (AvgIpc) is 2.80. The molecule has 0 saturated heterocycles. The van der Waals surface area contributed by atoms with Gasteiger partial charge in [-0.05, 0) is 35.4 Å². The number of nitrogens with one attached hydrogen (secondary N) is 1. The fraction of sp³-hybridized carbons (Fsp3) is 0.500. The molecule has 3 nitrogen and oxygen atoms in total. The molecule has 0 radical (unpaired) electrons. The van der Waals surface area contributed by atoms with Crippen LogP contribution in [0.5, 0.6) is 0 Å². The maximum atomic E-state index is 12.5. The van der Waals surface area contributed by atoms with Crippen molar-refractivity contribution in [3.63, 3.8) is 0 Å². The summed E-state index contributed by atoms with van der Waals surface area (Å²) in [5, 5.41) is 11.8. The second kappa shape index (κ2) is 5.20. The van der Waals surface area contributed by atoms with E-state index >= 15 is 0 Å². The van der Waals surface area contributed by atoms with E-state index in [0.29, 0.717) is 5.69 Å². The first-order valence-electron chi connectivity index (χ1n) is 7.23. The third kappa shape index (κ3) is 2.69. The zero-order valence-electron chi connectivity index (χ0n) is 13.4. The molecule has 112 valence electrons. The van der Waals surface area contributed by atoms with E-state index in [-0.39, 0.29) is 29.3 Å². The van der Waals surface area contributed by atoms with Gasteiger partial charge in [0.05, 0.1) is 5.69 Å². The van der Waals surface area contributed by atoms with Crippen molar-refractivity contribution in [2.45, 2.75) is 34.6 Å². The van der Waals surface area contributed by atoms with E-state index in [4.69, 9.17) is 5.11 Å². The molecule has 2 rings (SSSR count). The van der Waals surface area contributed by atoms with Crippen molar-refractivity contribution in [3.05, 3.63) is 29.3 Å². The van der Waals surface area contributed by atoms with E-state index in [1.807, 2.05) is 25.1 Å². The first-order valence-corrected chi connectivity index (χ1v) is 7.23. The van der Waals surface area contributed by atoms with Crippen LogP contribution in [0, 0.1) is 35.5 Å². The Morgan fingerprint density at radius 1 is 1.29 bits per heavy atom. The molecule has 0 bridgehead atoms. The standard InChI is InChI=1S/C18H23NO2/c1-12-8-9-14(13(11-12)7-6-10-20)19-16(21)15-17(2,3)18(15,4)5/h8-9,11,15,20H,10H2,1-5H3,(H,19,21). The van der Waals surface area contributed by atoms with Crippen molar-refractivity contribution in [3.8, 4) is 11.8 Å². The van der Waals surface area contributed by atoms with Gasteiger partial charge < -0.3 is 10.4 Å². The van der Waals surface area contributed by atoms with Gasteiger partial charge in [-0.15, -0.1) is 0 Å². The van der Waals surface area contributed by atoms with Crippen LogP contribution in [0.4, 0.5) is 5.69 Å². The van der Waals surface area contributed by atoms with Gasteiger partial charge in [-0.1, -0.05) is 45.6 Å². The van der Waals surface area contributed by atoms with Crippen molar-refractivity contribution < 1.29 is 9.90 Å². The fourth-order valence-electron chi connectivity index (χ4n) is 3.06. The van der Waals surface area contributed by atoms with Crippen molar-refractivity contribution in [2.24, 2.45) is 16.7 Å². The van der Waals surface area contributed by atoms with Crippen molar-refractivity contribution >= 4 is 11.6 Å². The number of benzene rings is 1. The zero-order valence-corrected chi connectivity index (χ0v) is 13.4. The number of aliphatic hydroxyl groups is 1. The minimum atomic E-state index is -0.190. The first kappa shape index (κ1) is 15.6. The summed E-state index contributed by atoms with van der Waals surface area (Å²) >= 11 is 0. The molecule has 0 aliphatic heterocycles. The Kier molecular flexibility index (Phi) is 3.86. The molecule has 1 aliphatic rings. The van der Waals surface area contributed by atoms with E-state index in [9.17, 15) is 4.79 Å². The Labute approximate surface area is 126 Å². The third-order valence-corrected chi connectivity index (χ3v) is 5.02. The topological polar surface area (TPSA) is 49.3 Å². The summed E-state index contributed by atoms with van der Waals surface area (Å²) in [5.74, 6) is 5.58. The van der Waals surface area contributed by atoms with Gasteiger partial charge >= 0.3 is 0 Å². The molecular weight excluding hydrogens is 262 g/mol. The molecule has 0 spiro atoms. The Morgan fingerprint density at radius 3 is 2.43 bits per heavy atom. The van der Waals surface area contributed by atoms with Gasteiger partial charge in [0.1, 0.15) is 6.61 Å². The normalized spacial score (nSPS) is 18.6. The lowest BCUT2D eigenvalue weighted by Gasteiger charge is -2.09. The van der Waals surface area contributed by atoms with Gasteiger partial charge in [-0.25, -0.2) is 0 Å². The van der Waals surface area contributed by atoms with Crippen LogP contribution in [-0.4, -0.2) is 17.6 Å². The minimum Gasteiger partial charge on any atom is -0.384 e. The highest BCUT2D eigenvalue weighted by Crippen LogP contribution is 2.68. The highest BCUT2D eigenvalue weighted by molar-refractivity contribution is 5.97. The van der Waals surface area contributed by atoms with E-state index in [0.717, 1.165) is 11.1 Å². The van der Waals surface area contributed by atoms with Crippen LogP contribution in [-0.2, 0) is 4.79 Å². The zero-order chi connectivity index (χ0) is 15.8. The maximum Gasteiger partial charge on any atom is 0.228 e. The summed E-state index contributed by atoms with van der Waals surface area (Å²) in [7, 11) is 0. The molecule has 0 aromatic heterocycles. The highest BCUT2D eigenvalue weighted by atomic mass is 16.2. The third-order valence-electron chi connectivity index (χ3n) is 5.02. The lowest BCUT2D eigenvalue weighted by atomic mass is 10.0. The second-order valence-electron chi connectivity index (χ2n) is 6.87. The van der Waals surface area contributed by atoms with Crippen molar-refractivity contribution in [1.82, 2.24) is 0 Å². The Hall–Kier alpha value is -1.79. The van der Waals surface area contributed by atoms with E-state index in [1.54, 1.807) is 0 Å². The lowest BCUT2D eigenvalue weighted by molar-refractivity contribution is -0.118. The van der Waals surface area contributed by atoms with Gasteiger partial charge in [-0.2, -0.15) is 0 Å². The van der Waals surface area contributed by atoms with Crippen LogP contribution in [0.25, 0.3) is 0 Å². The number of amides is 1. The van der Waals surface area contributed by atoms with Crippen molar-refractivity contribution in [2.75, 3.05) is 11.9 Å². The van der Waals surface area contributed by atoms with E-state index < -0.39 is 0 Å². The molecule has 1 aromatic carbocycles. The molecule has 1 aromatic rings. The largest absolute Gasteiger partial charge is 0.384 e. The van der Waals surface area contributed by atoms with Gasteiger partial charge in [0.2, 0.25) is 5.91 Å². The van der Waals surface area contributed by atoms with Gasteiger partial charge in [-0.3, -0.25) is 4.79 Å². The fourth-order valence-corrected chi connectivity index (χ4v) is 3.06. The molecule has 0 unspecified atom stereocenters. The summed E-state index contributed by atoms with van der Waals surface area (Å²) in [6.45, 7) is 10.3. The minimum absolute atomic E-state index is 0.00459. The molecule has 2 N–H and O–H groups in total. The number of hydrogen-bond donors (Lipinski definition) is 2. The molecule has 0 heterocycles. The molecule has 1 fully saturated rings. The van der Waals surface area contributed by atoms with Gasteiger partial charge in [0.15, 0.2) is 0 Å². The van der Waals surface area contributed by atoms with Crippen LogP contribution in [0.3, 0.4) is 0 Å². The highest BCUT2D eigenvalue weighted by Gasteiger charge is 2.68. The predicted octanol–water partition coefficient (Wildman–Crippen LogP) is 2.96. The smallest absolute Gasteiger partial charge is 0.228 e. The summed E-state index contributed by atoms with van der Waals surface area (Å²) in [6, 6.07) is 5.74. The molecule has 3 heteroatoms. The SMILES string of the molecule is Cc1ccc(NC(=O)C2C(C)(C)C2(C)C)c(C#CCO)c1. The van der Waals surface area contributed by atoms with Crippen LogP contribution < -0.4 is 5.32 Å². The lowest BCUT2D eigenvalue weighted by Crippen LogP contribution is -2.18. The average molecular weight is 285 g/mol.